The van der Waals surface area contributed by atoms with Crippen LogP contribution in [0.4, 0.5) is 0 Å². The van der Waals surface area contributed by atoms with Gasteiger partial charge < -0.3 is 4.74 Å². The Morgan fingerprint density at radius 3 is 2.32 bits per heavy atom. The largest absolute Gasteiger partial charge is 0.361 e. The van der Waals surface area contributed by atoms with Gasteiger partial charge in [0.2, 0.25) is 0 Å². The van der Waals surface area contributed by atoms with Gasteiger partial charge in [0.15, 0.2) is 0 Å². The maximum atomic E-state index is 12.7. The molecule has 25 heavy (non-hydrogen) atoms. The van der Waals surface area contributed by atoms with Crippen molar-refractivity contribution >= 4 is 20.9 Å². The summed E-state index contributed by atoms with van der Waals surface area (Å²) >= 11 is 0. The van der Waals surface area contributed by atoms with E-state index in [1.165, 1.54) is 0 Å². The van der Waals surface area contributed by atoms with Gasteiger partial charge in [0.05, 0.1) is 4.90 Å². The Balaban J connectivity index is 1.60. The van der Waals surface area contributed by atoms with Crippen LogP contribution in [0.5, 0.6) is 0 Å². The van der Waals surface area contributed by atoms with Crippen LogP contribution in [0.3, 0.4) is 0 Å². The molecule has 3 aromatic carbocycles. The molecule has 1 heterocycles. The predicted molar refractivity (Wildman–Crippen MR) is 93.8 cm³/mol. The molecule has 5 rings (SSSR count). The van der Waals surface area contributed by atoms with Crippen molar-refractivity contribution in [2.45, 2.75) is 30.1 Å². The van der Waals surface area contributed by atoms with Crippen LogP contribution in [-0.2, 0) is 19.0 Å². The second kappa shape index (κ2) is 5.14. The molecule has 0 radical (unpaired) electrons. The molecule has 2 aliphatic rings. The number of hydrogen-bond donors (Lipinski definition) is 0. The second-order valence-corrected chi connectivity index (χ2v) is 8.17. The van der Waals surface area contributed by atoms with Crippen LogP contribution >= 0.6 is 0 Å². The van der Waals surface area contributed by atoms with Gasteiger partial charge >= 0.3 is 0 Å². The van der Waals surface area contributed by atoms with Crippen molar-refractivity contribution < 1.29 is 17.3 Å². The summed E-state index contributed by atoms with van der Waals surface area (Å²) in [5, 5.41) is 2.12. The van der Waals surface area contributed by atoms with E-state index in [-0.39, 0.29) is 17.1 Å². The summed E-state index contributed by atoms with van der Waals surface area (Å²) in [6, 6.07) is 18.6. The summed E-state index contributed by atoms with van der Waals surface area (Å²) in [6.45, 7) is 1.92. The van der Waals surface area contributed by atoms with Gasteiger partial charge in [-0.3, -0.25) is 4.18 Å². The van der Waals surface area contributed by atoms with Crippen LogP contribution in [-0.4, -0.2) is 14.5 Å². The average molecular weight is 352 g/mol. The normalized spacial score (nSPS) is 24.1. The number of aryl methyl sites for hydroxylation is 1. The molecule has 1 fully saturated rings. The molecule has 5 heteroatoms. The van der Waals surface area contributed by atoms with Crippen molar-refractivity contribution in [2.75, 3.05) is 0 Å². The van der Waals surface area contributed by atoms with Crippen molar-refractivity contribution in [1.29, 1.82) is 0 Å². The molecule has 3 aromatic rings. The van der Waals surface area contributed by atoms with E-state index in [9.17, 15) is 8.42 Å². The van der Waals surface area contributed by atoms with Crippen LogP contribution in [0, 0.1) is 6.92 Å². The first kappa shape index (κ1) is 15.1. The van der Waals surface area contributed by atoms with Gasteiger partial charge in [-0.15, -0.1) is 0 Å². The van der Waals surface area contributed by atoms with Crippen molar-refractivity contribution in [2.24, 2.45) is 0 Å². The Bertz CT molecular complexity index is 1080. The Morgan fingerprint density at radius 2 is 1.60 bits per heavy atom. The molecular formula is C20H16O4S. The number of epoxide rings is 1. The number of hydrogen-bond acceptors (Lipinski definition) is 4. The molecule has 1 aliphatic carbocycles. The molecule has 0 bridgehead atoms. The first-order valence-corrected chi connectivity index (χ1v) is 9.62. The third kappa shape index (κ3) is 2.31. The fourth-order valence-electron chi connectivity index (χ4n) is 3.66. The summed E-state index contributed by atoms with van der Waals surface area (Å²) in [5.41, 5.74) is 2.99. The maximum absolute atomic E-state index is 12.7. The quantitative estimate of drug-likeness (QED) is 0.527. The van der Waals surface area contributed by atoms with E-state index < -0.39 is 16.2 Å². The zero-order chi connectivity index (χ0) is 17.2. The third-order valence-electron chi connectivity index (χ3n) is 4.95. The van der Waals surface area contributed by atoms with Crippen molar-refractivity contribution in [3.8, 4) is 0 Å². The number of benzene rings is 3. The number of fused-ring (bicyclic) bond motifs is 2. The van der Waals surface area contributed by atoms with Gasteiger partial charge in [-0.1, -0.05) is 54.1 Å². The molecule has 126 valence electrons. The first-order valence-electron chi connectivity index (χ1n) is 8.21. The van der Waals surface area contributed by atoms with E-state index in [1.54, 1.807) is 24.3 Å². The molecule has 1 aliphatic heterocycles. The van der Waals surface area contributed by atoms with E-state index in [2.05, 4.69) is 0 Å². The molecule has 1 saturated heterocycles. The minimum absolute atomic E-state index is 0.0863. The maximum Gasteiger partial charge on any atom is 0.297 e. The highest BCUT2D eigenvalue weighted by Gasteiger charge is 2.53. The van der Waals surface area contributed by atoms with Gasteiger partial charge in [-0.25, -0.2) is 0 Å². The average Bonchev–Trinajstić information content (AvgIpc) is 3.40. The van der Waals surface area contributed by atoms with E-state index in [1.807, 2.05) is 43.3 Å². The highest BCUT2D eigenvalue weighted by atomic mass is 32.2. The molecule has 3 unspecified atom stereocenters. The highest BCUT2D eigenvalue weighted by molar-refractivity contribution is 7.86. The zero-order valence-electron chi connectivity index (χ0n) is 13.5. The highest BCUT2D eigenvalue weighted by Crippen LogP contribution is 2.55. The summed E-state index contributed by atoms with van der Waals surface area (Å²) in [4.78, 5) is 0.168. The Kier molecular flexibility index (Phi) is 3.10. The molecule has 0 spiro atoms. The Morgan fingerprint density at radius 1 is 0.920 bits per heavy atom. The standard InChI is InChI=1S/C20H16O4S/c1-12-8-10-14(11-9-12)25(21,22)24-19-16-7-3-5-13-4-2-6-15(17(13)16)18-20(19)23-18/h2-11,18-20H,1H3. The monoisotopic (exact) mass is 352 g/mol. The van der Waals surface area contributed by atoms with Gasteiger partial charge in [0.25, 0.3) is 10.1 Å². The van der Waals surface area contributed by atoms with Crippen LogP contribution in [0.2, 0.25) is 0 Å². The zero-order valence-corrected chi connectivity index (χ0v) is 14.4. The van der Waals surface area contributed by atoms with Gasteiger partial charge in [-0.2, -0.15) is 8.42 Å². The number of rotatable bonds is 3. The molecule has 0 amide bonds. The Hall–Kier alpha value is -2.21. The summed E-state index contributed by atoms with van der Waals surface area (Å²) in [6.07, 6.45) is -0.951. The SMILES string of the molecule is Cc1ccc(S(=O)(=O)OC2c3cccc4cccc(c34)C3OC32)cc1. The molecule has 3 atom stereocenters. The summed E-state index contributed by atoms with van der Waals surface area (Å²) < 4.78 is 36.9. The molecule has 0 aromatic heterocycles. The van der Waals surface area contributed by atoms with Gasteiger partial charge in [0.1, 0.15) is 18.3 Å². The fraction of sp³-hybridized carbons (Fsp3) is 0.200. The number of ether oxygens (including phenoxy) is 1. The minimum Gasteiger partial charge on any atom is -0.361 e. The van der Waals surface area contributed by atoms with Crippen molar-refractivity contribution in [1.82, 2.24) is 0 Å². The molecule has 4 nitrogen and oxygen atoms in total. The lowest BCUT2D eigenvalue weighted by atomic mass is 9.87. The van der Waals surface area contributed by atoms with Crippen LogP contribution in [0.25, 0.3) is 10.8 Å². The lowest BCUT2D eigenvalue weighted by Gasteiger charge is -2.22. The second-order valence-electron chi connectivity index (χ2n) is 6.60. The lowest BCUT2D eigenvalue weighted by Crippen LogP contribution is -2.20. The van der Waals surface area contributed by atoms with Crippen LogP contribution in [0.1, 0.15) is 28.9 Å². The molecular weight excluding hydrogens is 336 g/mol. The summed E-state index contributed by atoms with van der Waals surface area (Å²) in [7, 11) is -3.86. The molecule has 0 saturated carbocycles. The first-order chi connectivity index (χ1) is 12.0. The smallest absolute Gasteiger partial charge is 0.297 e. The summed E-state index contributed by atoms with van der Waals surface area (Å²) in [5.74, 6) is 0. The van der Waals surface area contributed by atoms with Gasteiger partial charge in [0, 0.05) is 0 Å². The van der Waals surface area contributed by atoms with E-state index in [0.29, 0.717) is 0 Å². The lowest BCUT2D eigenvalue weighted by molar-refractivity contribution is 0.170. The topological polar surface area (TPSA) is 55.9 Å². The predicted octanol–water partition coefficient (Wildman–Crippen LogP) is 4.05. The Labute approximate surface area is 146 Å². The van der Waals surface area contributed by atoms with Crippen LogP contribution in [0.15, 0.2) is 65.6 Å². The van der Waals surface area contributed by atoms with Gasteiger partial charge in [-0.05, 0) is 41.0 Å². The fourth-order valence-corrected chi connectivity index (χ4v) is 4.73. The van der Waals surface area contributed by atoms with E-state index in [4.69, 9.17) is 8.92 Å². The van der Waals surface area contributed by atoms with Crippen molar-refractivity contribution in [3.05, 3.63) is 77.4 Å². The third-order valence-corrected chi connectivity index (χ3v) is 6.26. The molecule has 0 N–H and O–H groups in total. The van der Waals surface area contributed by atoms with Crippen molar-refractivity contribution in [3.63, 3.8) is 0 Å². The minimum atomic E-state index is -3.86. The van der Waals surface area contributed by atoms with Crippen LogP contribution < -0.4 is 0 Å². The van der Waals surface area contributed by atoms with E-state index in [0.717, 1.165) is 27.5 Å². The van der Waals surface area contributed by atoms with E-state index >= 15 is 0 Å².